The van der Waals surface area contributed by atoms with Crippen LogP contribution in [0.25, 0.3) is 11.1 Å². The van der Waals surface area contributed by atoms with Gasteiger partial charge in [0.1, 0.15) is 42.5 Å². The molecular weight excluding hydrogens is 1140 g/mol. The minimum absolute atomic E-state index is 0. The van der Waals surface area contributed by atoms with Crippen LogP contribution in [0.5, 0.6) is 0 Å². The predicted molar refractivity (Wildman–Crippen MR) is 284 cm³/mol. The second kappa shape index (κ2) is 35.6. The SMILES string of the molecule is CC(=O)N[C@H]1[C@H]([C@H](O)[C@H](O)CO)O[C@@](OCCCSCCNC(=O)c2ccc(C(=O)NCCSCCCO[C@]3(C(=O)[O-])C[C@H](O)[C@@H](NC(C)=O)[C@H]([C@H](O)[C@H](O)CNC(=O)c4ccc(-c5ccccc5)cc4)O3)cc2)(C(=O)[O-])C[C@@H]1O.[Na+].[Na+]. The number of aliphatic hydroxyl groups excluding tert-OH is 7. The van der Waals surface area contributed by atoms with Crippen molar-refractivity contribution in [3.05, 3.63) is 95.6 Å². The molecule has 3 aromatic rings. The van der Waals surface area contributed by atoms with Crippen molar-refractivity contribution in [2.24, 2.45) is 0 Å². The van der Waals surface area contributed by atoms with Gasteiger partial charge in [0.25, 0.3) is 17.7 Å². The molecule has 5 amide bonds. The number of carboxylic acids is 2. The molecule has 0 unspecified atom stereocenters. The van der Waals surface area contributed by atoms with Crippen LogP contribution in [0.15, 0.2) is 78.9 Å². The summed E-state index contributed by atoms with van der Waals surface area (Å²) in [5.41, 5.74) is 2.66. The first-order valence-corrected chi connectivity index (χ1v) is 28.0. The van der Waals surface area contributed by atoms with Gasteiger partial charge in [-0.05, 0) is 71.9 Å². The quantitative estimate of drug-likeness (QED) is 0.0210. The first-order chi connectivity index (χ1) is 38.1. The Hall–Kier alpha value is -3.79. The second-order valence-corrected chi connectivity index (χ2v) is 21.4. The molecule has 0 bridgehead atoms. The maximum atomic E-state index is 12.9. The summed E-state index contributed by atoms with van der Waals surface area (Å²) in [6, 6.07) is 19.4. The van der Waals surface area contributed by atoms with Crippen LogP contribution in [-0.4, -0.2) is 212 Å². The molecule has 3 aromatic carbocycles. The number of hydrogen-bond acceptors (Lipinski definition) is 22. The number of hydrogen-bond donors (Lipinski definition) is 12. The molecule has 2 heterocycles. The summed E-state index contributed by atoms with van der Waals surface area (Å²) in [5.74, 6) is -9.75. The summed E-state index contributed by atoms with van der Waals surface area (Å²) in [6.07, 6.45) is -14.9. The average molecular weight is 1210 g/mol. The van der Waals surface area contributed by atoms with Crippen molar-refractivity contribution >= 4 is 65.0 Å². The van der Waals surface area contributed by atoms with Gasteiger partial charge < -0.3 is 101 Å². The number of carbonyl (C=O) groups excluding carboxylic acids is 7. The van der Waals surface area contributed by atoms with E-state index in [2.05, 4.69) is 26.6 Å². The number of rotatable bonds is 31. The van der Waals surface area contributed by atoms with Gasteiger partial charge in [-0.1, -0.05) is 42.5 Å². The van der Waals surface area contributed by atoms with E-state index in [0.717, 1.165) is 25.0 Å². The number of ether oxygens (including phenoxy) is 4. The van der Waals surface area contributed by atoms with E-state index in [4.69, 9.17) is 18.9 Å². The molecule has 0 aromatic heterocycles. The van der Waals surface area contributed by atoms with Crippen LogP contribution in [0.4, 0.5) is 0 Å². The fourth-order valence-corrected chi connectivity index (χ4v) is 10.3. The minimum atomic E-state index is -2.59. The number of carboxylic acid groups (broad SMARTS) is 2. The van der Waals surface area contributed by atoms with Crippen LogP contribution in [0.1, 0.15) is 70.6 Å². The Labute approximate surface area is 526 Å². The fourth-order valence-electron chi connectivity index (χ4n) is 8.74. The van der Waals surface area contributed by atoms with E-state index in [0.29, 0.717) is 34.1 Å². The standard InChI is InChI=1S/C53H71N5O20S2.2Na/c1-30(60)57-41-37(62)26-52(50(71)72,77-45(41)43(66)39(64)28-56-49(70)36-12-10-33(11-13-36)32-8-4-3-5-9-32)75-20-6-22-79-24-18-54-47(68)34-14-16-35(17-15-34)48(69)55-19-25-80-23-7-21-76-53(51(73)74)27-38(63)42(58-31(2)61)46(78-53)44(67)40(65)29-59;;/h3-5,8-17,37-46,59,62-67H,6-7,18-29H2,1-2H3,(H,54,68)(H,55,69)(H,56,70)(H,57,60)(H,58,61)(H,71,72)(H,73,74);;/q;2*+1/p-2/t37-,38-,39+,40+,41+,42+,43+,44+,45+,46+,52+,53+;;/m0../s1. The molecule has 25 nitrogen and oxygen atoms in total. The van der Waals surface area contributed by atoms with Crippen molar-refractivity contribution in [3.63, 3.8) is 0 Å². The predicted octanol–water partition coefficient (Wildman–Crippen LogP) is -9.83. The van der Waals surface area contributed by atoms with Crippen LogP contribution in [-0.2, 0) is 38.1 Å². The Bertz CT molecular complexity index is 2530. The maximum absolute atomic E-state index is 12.9. The Morgan fingerprint density at radius 1 is 0.585 bits per heavy atom. The molecule has 82 heavy (non-hydrogen) atoms. The average Bonchev–Trinajstić information content (AvgIpc) is 3.57. The van der Waals surface area contributed by atoms with Crippen LogP contribution in [0.3, 0.4) is 0 Å². The van der Waals surface area contributed by atoms with E-state index in [-0.39, 0.29) is 104 Å². The van der Waals surface area contributed by atoms with E-state index < -0.39 is 140 Å². The van der Waals surface area contributed by atoms with Crippen LogP contribution >= 0.6 is 23.5 Å². The maximum Gasteiger partial charge on any atom is 1.00 e. The monoisotopic (exact) mass is 1210 g/mol. The molecule has 2 aliphatic rings. The van der Waals surface area contributed by atoms with E-state index in [1.54, 1.807) is 24.3 Å². The van der Waals surface area contributed by atoms with Crippen molar-refractivity contribution in [1.82, 2.24) is 26.6 Å². The molecule has 0 aliphatic carbocycles. The summed E-state index contributed by atoms with van der Waals surface area (Å²) in [5, 5.41) is 111. The van der Waals surface area contributed by atoms with Gasteiger partial charge in [0, 0.05) is 74.5 Å². The Kier molecular flexibility index (Phi) is 31.5. The fraction of sp³-hybridized carbons (Fsp3) is 0.528. The number of thioether (sulfide) groups is 2. The summed E-state index contributed by atoms with van der Waals surface area (Å²) in [6.45, 7) is 0.900. The number of aliphatic hydroxyl groups is 7. The van der Waals surface area contributed by atoms with E-state index in [9.17, 15) is 79.5 Å². The first-order valence-electron chi connectivity index (χ1n) is 25.7. The van der Waals surface area contributed by atoms with Crippen LogP contribution < -0.4 is 95.9 Å². The molecular formula is C53H69N5Na2O20S2. The van der Waals surface area contributed by atoms with Crippen molar-refractivity contribution in [1.29, 1.82) is 0 Å². The van der Waals surface area contributed by atoms with Crippen molar-refractivity contribution in [2.45, 2.75) is 112 Å². The third kappa shape index (κ3) is 21.0. The number of aliphatic carboxylic acids is 2. The number of amides is 5. The molecule has 0 spiro atoms. The van der Waals surface area contributed by atoms with Gasteiger partial charge in [0.15, 0.2) is 0 Å². The second-order valence-electron chi connectivity index (χ2n) is 18.9. The van der Waals surface area contributed by atoms with Gasteiger partial charge >= 0.3 is 59.1 Å². The molecule has 12 N–H and O–H groups in total. The van der Waals surface area contributed by atoms with Gasteiger partial charge in [0.05, 0.1) is 50.2 Å². The normalized spacial score (nSPS) is 23.7. The van der Waals surface area contributed by atoms with Crippen molar-refractivity contribution in [2.75, 3.05) is 62.5 Å². The number of carbonyl (C=O) groups is 7. The Balaban J connectivity index is 0.00000882. The van der Waals surface area contributed by atoms with Crippen LogP contribution in [0, 0.1) is 0 Å². The number of nitrogens with one attached hydrogen (secondary N) is 5. The third-order valence-corrected chi connectivity index (χ3v) is 15.0. The topological polar surface area (TPSA) is 404 Å². The molecule has 0 saturated carbocycles. The van der Waals surface area contributed by atoms with Crippen molar-refractivity contribution < 1.29 is 158 Å². The molecule has 440 valence electrons. The van der Waals surface area contributed by atoms with Gasteiger partial charge in [-0.2, -0.15) is 23.5 Å². The Morgan fingerprint density at radius 2 is 0.963 bits per heavy atom. The van der Waals surface area contributed by atoms with Gasteiger partial charge in [-0.15, -0.1) is 0 Å². The largest absolute Gasteiger partial charge is 1.00 e. The molecule has 29 heteroatoms. The Morgan fingerprint density at radius 3 is 1.35 bits per heavy atom. The van der Waals surface area contributed by atoms with Gasteiger partial charge in [-0.3, -0.25) is 24.0 Å². The smallest absolute Gasteiger partial charge is 0.544 e. The zero-order valence-corrected chi connectivity index (χ0v) is 51.6. The third-order valence-electron chi connectivity index (χ3n) is 12.9. The summed E-state index contributed by atoms with van der Waals surface area (Å²) < 4.78 is 22.5. The zero-order chi connectivity index (χ0) is 58.6. The summed E-state index contributed by atoms with van der Waals surface area (Å²) >= 11 is 2.81. The van der Waals surface area contributed by atoms with Gasteiger partial charge in [-0.25, -0.2) is 0 Å². The van der Waals surface area contributed by atoms with E-state index in [1.165, 1.54) is 47.8 Å². The van der Waals surface area contributed by atoms with Crippen molar-refractivity contribution in [3.8, 4) is 11.1 Å². The molecule has 0 radical (unpaired) electrons. The zero-order valence-electron chi connectivity index (χ0n) is 45.9. The molecule has 12 atom stereocenters. The first kappa shape index (κ1) is 72.5. The van der Waals surface area contributed by atoms with E-state index >= 15 is 0 Å². The molecule has 5 rings (SSSR count). The number of benzene rings is 3. The van der Waals surface area contributed by atoms with Gasteiger partial charge in [0.2, 0.25) is 23.4 Å². The molecule has 2 fully saturated rings. The summed E-state index contributed by atoms with van der Waals surface area (Å²) in [7, 11) is 0. The molecule has 2 aliphatic heterocycles. The summed E-state index contributed by atoms with van der Waals surface area (Å²) in [4.78, 5) is 87.1. The van der Waals surface area contributed by atoms with E-state index in [1.807, 2.05) is 30.3 Å². The minimum Gasteiger partial charge on any atom is -0.544 e. The van der Waals surface area contributed by atoms with Crippen LogP contribution in [0.2, 0.25) is 0 Å². The molecule has 2 saturated heterocycles.